The standard InChI is InChI=1S/C17H14F3N3O/c1-2-8-23-9-7-13-12(16(23)24)4-6-15(22-13)14-5-3-11(10-21-14)17(18,19)20/h3-7,9-10H,2,8H2,1H3. The molecule has 3 aromatic heterocycles. The first kappa shape index (κ1) is 16.2. The van der Waals surface area contributed by atoms with Crippen LogP contribution in [0.4, 0.5) is 13.2 Å². The quantitative estimate of drug-likeness (QED) is 0.731. The zero-order valence-corrected chi connectivity index (χ0v) is 12.8. The first-order valence-corrected chi connectivity index (χ1v) is 7.44. The molecule has 0 aromatic carbocycles. The van der Waals surface area contributed by atoms with Gasteiger partial charge in [-0.3, -0.25) is 9.78 Å². The van der Waals surface area contributed by atoms with Crippen LogP contribution in [0.15, 0.2) is 47.5 Å². The molecule has 24 heavy (non-hydrogen) atoms. The van der Waals surface area contributed by atoms with Gasteiger partial charge in [-0.2, -0.15) is 13.2 Å². The summed E-state index contributed by atoms with van der Waals surface area (Å²) in [6.45, 7) is 2.60. The van der Waals surface area contributed by atoms with Crippen molar-refractivity contribution in [2.75, 3.05) is 0 Å². The van der Waals surface area contributed by atoms with Crippen molar-refractivity contribution in [3.8, 4) is 11.4 Å². The lowest BCUT2D eigenvalue weighted by atomic mass is 10.1. The van der Waals surface area contributed by atoms with Gasteiger partial charge in [0.2, 0.25) is 0 Å². The van der Waals surface area contributed by atoms with E-state index in [0.717, 1.165) is 18.7 Å². The van der Waals surface area contributed by atoms with Gasteiger partial charge in [-0.25, -0.2) is 4.98 Å². The number of rotatable bonds is 3. The van der Waals surface area contributed by atoms with Crippen LogP contribution in [0, 0.1) is 0 Å². The van der Waals surface area contributed by atoms with Crippen molar-refractivity contribution in [1.29, 1.82) is 0 Å². The molecule has 0 saturated carbocycles. The second kappa shape index (κ2) is 6.07. The summed E-state index contributed by atoms with van der Waals surface area (Å²) in [6.07, 6.45) is -1.13. The Morgan fingerprint density at radius 2 is 1.83 bits per heavy atom. The van der Waals surface area contributed by atoms with Gasteiger partial charge in [0.05, 0.1) is 27.9 Å². The number of aryl methyl sites for hydroxylation is 1. The van der Waals surface area contributed by atoms with Crippen molar-refractivity contribution in [3.63, 3.8) is 0 Å². The topological polar surface area (TPSA) is 47.8 Å². The predicted octanol–water partition coefficient (Wildman–Crippen LogP) is 3.89. The Balaban J connectivity index is 2.02. The lowest BCUT2D eigenvalue weighted by molar-refractivity contribution is -0.137. The maximum Gasteiger partial charge on any atom is 0.417 e. The Kier molecular flexibility index (Phi) is 4.09. The molecule has 0 aliphatic carbocycles. The summed E-state index contributed by atoms with van der Waals surface area (Å²) in [4.78, 5) is 20.5. The van der Waals surface area contributed by atoms with Gasteiger partial charge in [0.1, 0.15) is 0 Å². The molecule has 0 N–H and O–H groups in total. The Labute approximate surface area is 135 Å². The van der Waals surface area contributed by atoms with E-state index in [4.69, 9.17) is 0 Å². The predicted molar refractivity (Wildman–Crippen MR) is 84.5 cm³/mol. The third-order valence-electron chi connectivity index (χ3n) is 3.65. The van der Waals surface area contributed by atoms with Gasteiger partial charge < -0.3 is 4.57 Å². The third-order valence-corrected chi connectivity index (χ3v) is 3.65. The number of hydrogen-bond acceptors (Lipinski definition) is 3. The van der Waals surface area contributed by atoms with Crippen molar-refractivity contribution >= 4 is 10.9 Å². The molecule has 124 valence electrons. The van der Waals surface area contributed by atoms with Crippen LogP contribution in [0.3, 0.4) is 0 Å². The lowest BCUT2D eigenvalue weighted by Gasteiger charge is -2.08. The fourth-order valence-electron chi connectivity index (χ4n) is 2.44. The Morgan fingerprint density at radius 1 is 1.08 bits per heavy atom. The lowest BCUT2D eigenvalue weighted by Crippen LogP contribution is -2.19. The second-order valence-corrected chi connectivity index (χ2v) is 5.37. The molecule has 0 aliphatic heterocycles. The molecule has 0 aliphatic rings. The largest absolute Gasteiger partial charge is 0.417 e. The highest BCUT2D eigenvalue weighted by atomic mass is 19.4. The van der Waals surface area contributed by atoms with Crippen LogP contribution in [0.2, 0.25) is 0 Å². The van der Waals surface area contributed by atoms with E-state index in [1.54, 1.807) is 29.0 Å². The minimum Gasteiger partial charge on any atom is -0.315 e. The summed E-state index contributed by atoms with van der Waals surface area (Å²) in [5, 5.41) is 0.474. The molecule has 0 fully saturated rings. The average molecular weight is 333 g/mol. The third kappa shape index (κ3) is 3.02. The van der Waals surface area contributed by atoms with Crippen LogP contribution in [0.25, 0.3) is 22.3 Å². The highest BCUT2D eigenvalue weighted by Gasteiger charge is 2.30. The van der Waals surface area contributed by atoms with Gasteiger partial charge >= 0.3 is 6.18 Å². The van der Waals surface area contributed by atoms with E-state index in [1.807, 2.05) is 6.92 Å². The van der Waals surface area contributed by atoms with Gasteiger partial charge in [0, 0.05) is 18.9 Å². The van der Waals surface area contributed by atoms with E-state index in [9.17, 15) is 18.0 Å². The SMILES string of the molecule is CCCn1ccc2nc(-c3ccc(C(F)(F)F)cn3)ccc2c1=O. The molecular formula is C17H14F3N3O. The van der Waals surface area contributed by atoms with Crippen LogP contribution in [-0.2, 0) is 12.7 Å². The summed E-state index contributed by atoms with van der Waals surface area (Å²) in [6, 6.07) is 7.18. The molecule has 0 spiro atoms. The normalized spacial score (nSPS) is 11.8. The molecule has 3 heterocycles. The molecule has 0 radical (unpaired) electrons. The van der Waals surface area contributed by atoms with Crippen molar-refractivity contribution in [3.05, 3.63) is 58.6 Å². The van der Waals surface area contributed by atoms with Crippen LogP contribution in [0.5, 0.6) is 0 Å². The summed E-state index contributed by atoms with van der Waals surface area (Å²) < 4.78 is 39.4. The van der Waals surface area contributed by atoms with Crippen molar-refractivity contribution in [2.45, 2.75) is 26.1 Å². The average Bonchev–Trinajstić information content (AvgIpc) is 2.57. The number of hydrogen-bond donors (Lipinski definition) is 0. The maximum atomic E-state index is 12.6. The summed E-state index contributed by atoms with van der Waals surface area (Å²) in [5.41, 5.74) is 0.293. The Morgan fingerprint density at radius 3 is 2.46 bits per heavy atom. The molecule has 7 heteroatoms. The van der Waals surface area contributed by atoms with Crippen LogP contribution in [-0.4, -0.2) is 14.5 Å². The fraction of sp³-hybridized carbons (Fsp3) is 0.235. The van der Waals surface area contributed by atoms with Gasteiger partial charge in [-0.1, -0.05) is 6.92 Å². The van der Waals surface area contributed by atoms with Gasteiger partial charge in [0.25, 0.3) is 5.56 Å². The van der Waals surface area contributed by atoms with Crippen LogP contribution >= 0.6 is 0 Å². The van der Waals surface area contributed by atoms with E-state index < -0.39 is 11.7 Å². The molecular weight excluding hydrogens is 319 g/mol. The Bertz CT molecular complexity index is 930. The summed E-state index contributed by atoms with van der Waals surface area (Å²) in [5.74, 6) is 0. The van der Waals surface area contributed by atoms with E-state index in [1.165, 1.54) is 6.07 Å². The van der Waals surface area contributed by atoms with E-state index in [-0.39, 0.29) is 5.56 Å². The molecule has 0 atom stereocenters. The van der Waals surface area contributed by atoms with E-state index in [0.29, 0.717) is 28.8 Å². The molecule has 3 rings (SSSR count). The summed E-state index contributed by atoms with van der Waals surface area (Å²) in [7, 11) is 0. The second-order valence-electron chi connectivity index (χ2n) is 5.37. The minimum atomic E-state index is -4.42. The summed E-state index contributed by atoms with van der Waals surface area (Å²) >= 11 is 0. The molecule has 0 unspecified atom stereocenters. The highest BCUT2D eigenvalue weighted by Crippen LogP contribution is 2.29. The van der Waals surface area contributed by atoms with Crippen molar-refractivity contribution in [2.24, 2.45) is 0 Å². The minimum absolute atomic E-state index is 0.131. The van der Waals surface area contributed by atoms with E-state index >= 15 is 0 Å². The molecule has 0 amide bonds. The number of pyridine rings is 3. The van der Waals surface area contributed by atoms with Crippen molar-refractivity contribution in [1.82, 2.24) is 14.5 Å². The molecule has 3 aromatic rings. The zero-order valence-electron chi connectivity index (χ0n) is 12.8. The zero-order chi connectivity index (χ0) is 17.3. The number of fused-ring (bicyclic) bond motifs is 1. The number of alkyl halides is 3. The smallest absolute Gasteiger partial charge is 0.315 e. The van der Waals surface area contributed by atoms with Crippen molar-refractivity contribution < 1.29 is 13.2 Å². The first-order valence-electron chi connectivity index (χ1n) is 7.44. The highest BCUT2D eigenvalue weighted by molar-refractivity contribution is 5.80. The number of halogens is 3. The molecule has 0 bridgehead atoms. The van der Waals surface area contributed by atoms with Crippen LogP contribution < -0.4 is 5.56 Å². The molecule has 4 nitrogen and oxygen atoms in total. The first-order chi connectivity index (χ1) is 11.4. The van der Waals surface area contributed by atoms with E-state index in [2.05, 4.69) is 9.97 Å². The van der Waals surface area contributed by atoms with Gasteiger partial charge in [0.15, 0.2) is 0 Å². The number of nitrogens with zero attached hydrogens (tertiary/aromatic N) is 3. The Hall–Kier alpha value is -2.70. The van der Waals surface area contributed by atoms with Gasteiger partial charge in [-0.15, -0.1) is 0 Å². The fourth-order valence-corrected chi connectivity index (χ4v) is 2.44. The number of aromatic nitrogens is 3. The maximum absolute atomic E-state index is 12.6. The van der Waals surface area contributed by atoms with Gasteiger partial charge in [-0.05, 0) is 36.8 Å². The van der Waals surface area contributed by atoms with Crippen LogP contribution in [0.1, 0.15) is 18.9 Å². The monoisotopic (exact) mass is 333 g/mol. The molecule has 0 saturated heterocycles.